The molecule has 2 N–H and O–H groups in total. The molecule has 1 saturated heterocycles. The van der Waals surface area contributed by atoms with Crippen molar-refractivity contribution >= 4 is 28.4 Å². The predicted molar refractivity (Wildman–Crippen MR) is 146 cm³/mol. The number of rotatable bonds is 4. The van der Waals surface area contributed by atoms with E-state index < -0.39 is 5.41 Å². The minimum absolute atomic E-state index is 0.0577. The summed E-state index contributed by atoms with van der Waals surface area (Å²) in [4.78, 5) is 30.1. The van der Waals surface area contributed by atoms with Crippen molar-refractivity contribution in [1.82, 2.24) is 20.0 Å². The molecule has 3 aliphatic rings. The number of likely N-dealkylation sites (N-methyl/N-ethyl adjacent to an activating group) is 1. The van der Waals surface area contributed by atoms with Crippen LogP contribution in [0.3, 0.4) is 0 Å². The largest absolute Gasteiger partial charge is 0.497 e. The molecule has 1 saturated carbocycles. The monoisotopic (exact) mass is 507 g/mol. The zero-order chi connectivity index (χ0) is 26.0. The van der Waals surface area contributed by atoms with E-state index in [9.17, 15) is 9.59 Å². The molecule has 2 fully saturated rings. The number of fused-ring (bicyclic) bond motifs is 3. The van der Waals surface area contributed by atoms with Crippen molar-refractivity contribution in [3.8, 4) is 17.0 Å². The second kappa shape index (κ2) is 8.43. The van der Waals surface area contributed by atoms with E-state index in [2.05, 4.69) is 45.7 Å². The van der Waals surface area contributed by atoms with Crippen molar-refractivity contribution in [1.29, 1.82) is 0 Å². The van der Waals surface area contributed by atoms with Gasteiger partial charge in [-0.1, -0.05) is 24.3 Å². The number of carbonyl (C=O) groups is 2. The number of benzene rings is 3. The summed E-state index contributed by atoms with van der Waals surface area (Å²) in [5, 5.41) is 11.8. The van der Waals surface area contributed by atoms with Crippen LogP contribution in [0, 0.1) is 0 Å². The molecular formula is C30H29N5O3. The molecule has 2 atom stereocenters. The highest BCUT2D eigenvalue weighted by atomic mass is 16.5. The van der Waals surface area contributed by atoms with Crippen molar-refractivity contribution in [2.45, 2.75) is 17.8 Å². The number of methoxy groups -OCH3 is 1. The van der Waals surface area contributed by atoms with Crippen LogP contribution in [0.25, 0.3) is 22.2 Å². The van der Waals surface area contributed by atoms with Crippen LogP contribution in [0.2, 0.25) is 0 Å². The third kappa shape index (κ3) is 3.44. The van der Waals surface area contributed by atoms with Gasteiger partial charge < -0.3 is 19.9 Å². The number of nitrogens with zero attached hydrogens (tertiary/aromatic N) is 3. The maximum atomic E-state index is 13.0. The molecule has 3 heterocycles. The van der Waals surface area contributed by atoms with Gasteiger partial charge in [0.2, 0.25) is 5.91 Å². The van der Waals surface area contributed by atoms with Crippen LogP contribution < -0.4 is 10.1 Å². The second-order valence-electron chi connectivity index (χ2n) is 10.6. The highest BCUT2D eigenvalue weighted by Gasteiger charge is 2.65. The summed E-state index contributed by atoms with van der Waals surface area (Å²) in [7, 11) is 3.73. The van der Waals surface area contributed by atoms with Crippen molar-refractivity contribution in [2.24, 2.45) is 0 Å². The molecule has 1 aromatic heterocycles. The Balaban J connectivity index is 1.14. The molecule has 7 rings (SSSR count). The van der Waals surface area contributed by atoms with E-state index in [-0.39, 0.29) is 17.7 Å². The quantitative estimate of drug-likeness (QED) is 0.436. The van der Waals surface area contributed by atoms with Gasteiger partial charge in [-0.05, 0) is 61.0 Å². The Labute approximate surface area is 220 Å². The minimum Gasteiger partial charge on any atom is -0.497 e. The summed E-state index contributed by atoms with van der Waals surface area (Å²) < 4.78 is 5.42. The second-order valence-corrected chi connectivity index (χ2v) is 10.6. The average molecular weight is 508 g/mol. The number of amides is 2. The summed E-state index contributed by atoms with van der Waals surface area (Å²) >= 11 is 0. The van der Waals surface area contributed by atoms with Crippen molar-refractivity contribution in [2.75, 3.05) is 45.7 Å². The third-order valence-corrected chi connectivity index (χ3v) is 8.51. The lowest BCUT2D eigenvalue weighted by Crippen LogP contribution is -2.47. The van der Waals surface area contributed by atoms with Crippen LogP contribution in [0.15, 0.2) is 60.7 Å². The Morgan fingerprint density at radius 3 is 2.58 bits per heavy atom. The van der Waals surface area contributed by atoms with E-state index in [1.165, 1.54) is 0 Å². The molecule has 8 nitrogen and oxygen atoms in total. The molecular weight excluding hydrogens is 478 g/mol. The lowest BCUT2D eigenvalue weighted by molar-refractivity contribution is -0.118. The van der Waals surface area contributed by atoms with Crippen LogP contribution in [0.4, 0.5) is 5.69 Å². The van der Waals surface area contributed by atoms with E-state index in [1.54, 1.807) is 7.11 Å². The number of aromatic nitrogens is 2. The molecule has 1 aliphatic carbocycles. The molecule has 0 bridgehead atoms. The number of hydrogen-bond acceptors (Lipinski definition) is 5. The maximum absolute atomic E-state index is 13.0. The zero-order valence-corrected chi connectivity index (χ0v) is 21.5. The van der Waals surface area contributed by atoms with Gasteiger partial charge in [-0.15, -0.1) is 0 Å². The Bertz CT molecular complexity index is 1590. The topological polar surface area (TPSA) is 90.6 Å². The summed E-state index contributed by atoms with van der Waals surface area (Å²) in [6, 6.07) is 19.8. The molecule has 38 heavy (non-hydrogen) atoms. The van der Waals surface area contributed by atoms with Gasteiger partial charge in [-0.25, -0.2) is 0 Å². The van der Waals surface area contributed by atoms with Crippen LogP contribution in [0.1, 0.15) is 33.8 Å². The van der Waals surface area contributed by atoms with Gasteiger partial charge in [-0.3, -0.25) is 14.7 Å². The first-order chi connectivity index (χ1) is 18.5. The Morgan fingerprint density at radius 1 is 1.03 bits per heavy atom. The van der Waals surface area contributed by atoms with E-state index in [0.717, 1.165) is 77.3 Å². The molecule has 8 heteroatoms. The van der Waals surface area contributed by atoms with Gasteiger partial charge in [0.15, 0.2) is 0 Å². The maximum Gasteiger partial charge on any atom is 0.253 e. The standard InChI is InChI=1S/C30H29N5O3/c1-34-11-13-35(14-12-34)28(36)19-5-3-18(4-6-19)27-22-9-7-20(15-26(22)32-33-27)24-17-30(24)23-16-21(38-2)8-10-25(23)31-29(30)37/h3-10,15-16,24H,11-14,17H2,1-2H3,(H,31,37)(H,32,33)/t24-,30-/m0/s1. The summed E-state index contributed by atoms with van der Waals surface area (Å²) in [6.45, 7) is 3.32. The first-order valence-electron chi connectivity index (χ1n) is 13.0. The van der Waals surface area contributed by atoms with E-state index in [1.807, 2.05) is 47.4 Å². The zero-order valence-electron chi connectivity index (χ0n) is 21.5. The number of ether oxygens (including phenoxy) is 1. The van der Waals surface area contributed by atoms with Crippen LogP contribution in [-0.2, 0) is 10.2 Å². The van der Waals surface area contributed by atoms with Crippen LogP contribution in [0.5, 0.6) is 5.75 Å². The molecule has 0 radical (unpaired) electrons. The lowest BCUT2D eigenvalue weighted by Gasteiger charge is -2.32. The van der Waals surface area contributed by atoms with Crippen molar-refractivity contribution in [3.63, 3.8) is 0 Å². The first kappa shape index (κ1) is 23.0. The van der Waals surface area contributed by atoms with Gasteiger partial charge >= 0.3 is 0 Å². The number of carbonyl (C=O) groups excluding carboxylic acids is 2. The Kier molecular flexibility index (Phi) is 5.10. The minimum atomic E-state index is -0.535. The van der Waals surface area contributed by atoms with Gasteiger partial charge in [0.1, 0.15) is 5.75 Å². The van der Waals surface area contributed by atoms with E-state index in [4.69, 9.17) is 4.74 Å². The van der Waals surface area contributed by atoms with Crippen LogP contribution in [-0.4, -0.2) is 72.1 Å². The van der Waals surface area contributed by atoms with Gasteiger partial charge in [0.25, 0.3) is 5.91 Å². The fourth-order valence-corrected chi connectivity index (χ4v) is 6.14. The molecule has 2 aliphatic heterocycles. The van der Waals surface area contributed by atoms with Crippen molar-refractivity contribution < 1.29 is 14.3 Å². The summed E-state index contributed by atoms with van der Waals surface area (Å²) in [6.07, 6.45) is 0.772. The normalized spacial score (nSPS) is 22.5. The van der Waals surface area contributed by atoms with Crippen LogP contribution >= 0.6 is 0 Å². The van der Waals surface area contributed by atoms with E-state index >= 15 is 0 Å². The number of H-pyrrole nitrogens is 1. The number of anilines is 1. The third-order valence-electron chi connectivity index (χ3n) is 8.51. The number of piperazine rings is 1. The Hall–Kier alpha value is -4.17. The molecule has 1 spiro atoms. The number of hydrogen-bond donors (Lipinski definition) is 2. The molecule has 0 unspecified atom stereocenters. The molecule has 2 amide bonds. The fraction of sp³-hybridized carbons (Fsp3) is 0.300. The van der Waals surface area contributed by atoms with Gasteiger partial charge in [-0.2, -0.15) is 5.10 Å². The fourth-order valence-electron chi connectivity index (χ4n) is 6.14. The molecule has 4 aromatic rings. The smallest absolute Gasteiger partial charge is 0.253 e. The van der Waals surface area contributed by atoms with E-state index in [0.29, 0.717) is 5.56 Å². The predicted octanol–water partition coefficient (Wildman–Crippen LogP) is 4.00. The highest BCUT2D eigenvalue weighted by molar-refractivity contribution is 6.10. The number of nitrogens with one attached hydrogen (secondary N) is 2. The number of aromatic amines is 1. The molecule has 192 valence electrons. The average Bonchev–Trinajstić information content (AvgIpc) is 3.47. The van der Waals surface area contributed by atoms with Gasteiger partial charge in [0, 0.05) is 54.3 Å². The summed E-state index contributed by atoms with van der Waals surface area (Å²) in [5.74, 6) is 0.999. The van der Waals surface area contributed by atoms with Gasteiger partial charge in [0.05, 0.1) is 23.7 Å². The Morgan fingerprint density at radius 2 is 1.82 bits per heavy atom. The SMILES string of the molecule is COc1ccc2c(c1)[C@]1(C[C@H]1c1ccc3c(-c4ccc(C(=O)N5CCN(C)CC5)cc4)n[nH]c3c1)C(=O)N2. The highest BCUT2D eigenvalue weighted by Crippen LogP contribution is 2.65. The molecule has 3 aromatic carbocycles. The summed E-state index contributed by atoms with van der Waals surface area (Å²) in [5.41, 5.74) is 5.91. The lowest BCUT2D eigenvalue weighted by atomic mass is 9.91. The first-order valence-corrected chi connectivity index (χ1v) is 13.0. The van der Waals surface area contributed by atoms with Crippen molar-refractivity contribution in [3.05, 3.63) is 77.4 Å².